The molecule has 6 heterocycles. The number of hydrogen-bond donors (Lipinski definition) is 4. The lowest BCUT2D eigenvalue weighted by molar-refractivity contribution is -0.150. The van der Waals surface area contributed by atoms with E-state index in [-0.39, 0.29) is 59.9 Å². The van der Waals surface area contributed by atoms with Gasteiger partial charge in [0.15, 0.2) is 6.10 Å². The van der Waals surface area contributed by atoms with Gasteiger partial charge in [0.1, 0.15) is 30.0 Å². The van der Waals surface area contributed by atoms with E-state index < -0.39 is 24.3 Å². The van der Waals surface area contributed by atoms with Crippen molar-refractivity contribution in [2.45, 2.75) is 129 Å². The molecule has 3 aromatic carbocycles. The van der Waals surface area contributed by atoms with E-state index in [1.54, 1.807) is 0 Å². The first-order chi connectivity index (χ1) is 31.2. The number of primary amides is 1. The Hall–Kier alpha value is -6.16. The molecule has 3 saturated heterocycles. The van der Waals surface area contributed by atoms with Gasteiger partial charge >= 0.3 is 12.2 Å². The Morgan fingerprint density at radius 3 is 2.45 bits per heavy atom. The van der Waals surface area contributed by atoms with Crippen LogP contribution in [0, 0.1) is 17.8 Å². The monoisotopic (exact) mass is 888 g/mol. The second kappa shape index (κ2) is 17.7. The van der Waals surface area contributed by atoms with E-state index in [2.05, 4.69) is 58.6 Å². The number of nitrogens with two attached hydrogens (primary N) is 1. The van der Waals surface area contributed by atoms with Crippen molar-refractivity contribution in [2.75, 3.05) is 13.7 Å². The number of carbonyl (C=O) groups is 4. The highest BCUT2D eigenvalue weighted by molar-refractivity contribution is 6.07. The van der Waals surface area contributed by atoms with Gasteiger partial charge in [-0.15, -0.1) is 0 Å². The third-order valence-corrected chi connectivity index (χ3v) is 14.1. The molecule has 8 atom stereocenters. The number of alkyl carbamates (subject to hydrolysis) is 1. The van der Waals surface area contributed by atoms with E-state index in [1.165, 1.54) is 7.11 Å². The number of likely N-dealkylation sites (tertiary alicyclic amines) is 2. The zero-order chi connectivity index (χ0) is 45.8. The van der Waals surface area contributed by atoms with Crippen LogP contribution in [0.2, 0.25) is 0 Å². The number of hydrogen-bond acceptors (Lipinski definition) is 10. The number of amides is 4. The first-order valence-electron chi connectivity index (χ1n) is 23.1. The molecule has 16 nitrogen and oxygen atoms in total. The van der Waals surface area contributed by atoms with E-state index >= 15 is 0 Å². The lowest BCUT2D eigenvalue weighted by atomic mass is 9.87. The molecule has 0 radical (unpaired) electrons. The van der Waals surface area contributed by atoms with E-state index in [1.807, 2.05) is 56.7 Å². The van der Waals surface area contributed by atoms with Crippen LogP contribution in [0.3, 0.4) is 0 Å². The van der Waals surface area contributed by atoms with Gasteiger partial charge in [0, 0.05) is 29.5 Å². The summed E-state index contributed by atoms with van der Waals surface area (Å²) in [5.41, 5.74) is 12.1. The SMILES string of the molecule is CC[C@H]1C[C@@H](c2ncc(-c3ccc4c(c3)COc3cc5c(ccc6[nH]c([C@@H]7CC[C@H](C)N7C(=O)C(NC(=O)OC)C(C)C)nc65)cc3-4)[nH]2)N(C(=O)C(OC(N)=O)C2C[C@@H](C)O[C@H](C)C2)C1. The number of nitrogens with zero attached hydrogens (tertiary/aromatic N) is 4. The fourth-order valence-electron chi connectivity index (χ4n) is 10.8. The number of aromatic nitrogens is 4. The van der Waals surface area contributed by atoms with Crippen molar-refractivity contribution in [2.24, 2.45) is 23.5 Å². The number of benzene rings is 3. The number of imidazole rings is 2. The quantitative estimate of drug-likeness (QED) is 0.106. The first-order valence-corrected chi connectivity index (χ1v) is 23.1. The Bertz CT molecular complexity index is 2630. The van der Waals surface area contributed by atoms with Crippen LogP contribution in [0.15, 0.2) is 48.7 Å². The molecule has 0 aliphatic carbocycles. The third-order valence-electron chi connectivity index (χ3n) is 14.1. The molecule has 2 unspecified atom stereocenters. The standard InChI is InChI=1S/C49H60N8O8/c1-8-28-17-39(56(22-28)47(59)43(65-48(50)60)31-15-26(5)64-27(6)16-31)44-51-21-37(53-44)30-10-12-33-32(18-30)23-63-40-20-34-29(19-35(33)40)11-13-36-42(34)54-45(52-36)38-14-9-25(4)57(38)46(58)41(24(2)3)55-49(61)62-7/h10-13,18-21,24-28,31,38-39,41,43H,8-9,14-17,22-23H2,1-7H3,(H2,50,60)(H,51,53)(H,52,54)(H,55,61)/t25-,26+,27+,28-,38-,39-,41?,43?/m0/s1. The number of ether oxygens (including phenoxy) is 4. The summed E-state index contributed by atoms with van der Waals surface area (Å²) in [4.78, 5) is 73.4. The highest BCUT2D eigenvalue weighted by Gasteiger charge is 2.45. The van der Waals surface area contributed by atoms with Crippen molar-refractivity contribution in [3.8, 4) is 28.1 Å². The van der Waals surface area contributed by atoms with E-state index in [0.717, 1.165) is 81.2 Å². The fourth-order valence-corrected chi connectivity index (χ4v) is 10.8. The highest BCUT2D eigenvalue weighted by Crippen LogP contribution is 2.44. The summed E-state index contributed by atoms with van der Waals surface area (Å²) in [7, 11) is 1.29. The molecule has 2 aromatic heterocycles. The van der Waals surface area contributed by atoms with Crippen LogP contribution >= 0.6 is 0 Å². The largest absolute Gasteiger partial charge is 0.488 e. The number of rotatable bonds is 10. The van der Waals surface area contributed by atoms with Crippen molar-refractivity contribution in [1.29, 1.82) is 0 Å². The molecule has 0 spiro atoms. The summed E-state index contributed by atoms with van der Waals surface area (Å²) in [6.45, 7) is 12.8. The van der Waals surface area contributed by atoms with E-state index in [4.69, 9.17) is 34.6 Å². The molecule has 0 bridgehead atoms. The average Bonchev–Trinajstić information content (AvgIpc) is 4.11. The Balaban J connectivity index is 0.964. The van der Waals surface area contributed by atoms with E-state index in [0.29, 0.717) is 37.6 Å². The summed E-state index contributed by atoms with van der Waals surface area (Å²) in [6, 6.07) is 13.3. The van der Waals surface area contributed by atoms with Gasteiger partial charge < -0.3 is 49.8 Å². The summed E-state index contributed by atoms with van der Waals surface area (Å²) in [5.74, 6) is 1.68. The third kappa shape index (κ3) is 8.36. The molecule has 5 aromatic rings. The Labute approximate surface area is 378 Å². The first kappa shape index (κ1) is 44.1. The molecular formula is C49H60N8O8. The van der Waals surface area contributed by atoms with Crippen molar-refractivity contribution < 1.29 is 38.1 Å². The Morgan fingerprint density at radius 2 is 1.72 bits per heavy atom. The summed E-state index contributed by atoms with van der Waals surface area (Å²) < 4.78 is 22.8. The average molecular weight is 889 g/mol. The van der Waals surface area contributed by atoms with Crippen molar-refractivity contribution >= 4 is 45.8 Å². The van der Waals surface area contributed by atoms with Crippen LogP contribution in [0.25, 0.3) is 44.2 Å². The number of nitrogens with one attached hydrogen (secondary N) is 3. The van der Waals surface area contributed by atoms with Crippen LogP contribution < -0.4 is 15.8 Å². The number of H-pyrrole nitrogens is 2. The topological polar surface area (TPSA) is 207 Å². The number of fused-ring (bicyclic) bond motifs is 6. The predicted octanol–water partition coefficient (Wildman–Crippen LogP) is 8.07. The molecular weight excluding hydrogens is 829 g/mol. The van der Waals surface area contributed by atoms with Gasteiger partial charge in [0.2, 0.25) is 5.91 Å². The van der Waals surface area contributed by atoms with Gasteiger partial charge in [0.05, 0.1) is 54.3 Å². The van der Waals surface area contributed by atoms with Gasteiger partial charge in [-0.3, -0.25) is 9.59 Å². The van der Waals surface area contributed by atoms with Crippen molar-refractivity contribution in [3.63, 3.8) is 0 Å². The molecule has 344 valence electrons. The minimum absolute atomic E-state index is 0.0313. The zero-order valence-corrected chi connectivity index (χ0v) is 38.2. The lowest BCUT2D eigenvalue weighted by Crippen LogP contribution is -2.52. The molecule has 65 heavy (non-hydrogen) atoms. The molecule has 0 saturated carbocycles. The minimum Gasteiger partial charge on any atom is -0.488 e. The van der Waals surface area contributed by atoms with Gasteiger partial charge in [0.25, 0.3) is 5.91 Å². The second-order valence-corrected chi connectivity index (χ2v) is 18.9. The molecule has 9 rings (SSSR count). The Morgan fingerprint density at radius 1 is 0.938 bits per heavy atom. The Kier molecular flexibility index (Phi) is 12.0. The summed E-state index contributed by atoms with van der Waals surface area (Å²) in [5, 5.41) is 4.69. The van der Waals surface area contributed by atoms with E-state index in [9.17, 15) is 19.2 Å². The number of methoxy groups -OCH3 is 1. The minimum atomic E-state index is -0.997. The van der Waals surface area contributed by atoms with Gasteiger partial charge in [-0.25, -0.2) is 19.6 Å². The molecule has 4 amide bonds. The van der Waals surface area contributed by atoms with Gasteiger partial charge in [-0.2, -0.15) is 0 Å². The van der Waals surface area contributed by atoms with Crippen molar-refractivity contribution in [1.82, 2.24) is 35.1 Å². The molecule has 4 aliphatic rings. The van der Waals surface area contributed by atoms with Crippen molar-refractivity contribution in [3.05, 3.63) is 65.9 Å². The van der Waals surface area contributed by atoms with Crippen LogP contribution in [0.5, 0.6) is 5.75 Å². The summed E-state index contributed by atoms with van der Waals surface area (Å²) >= 11 is 0. The summed E-state index contributed by atoms with van der Waals surface area (Å²) in [6.07, 6.45) is 3.46. The van der Waals surface area contributed by atoms with Crippen LogP contribution in [-0.2, 0) is 30.4 Å². The smallest absolute Gasteiger partial charge is 0.407 e. The molecule has 4 aliphatic heterocycles. The van der Waals surface area contributed by atoms with Crippen LogP contribution in [0.4, 0.5) is 9.59 Å². The lowest BCUT2D eigenvalue weighted by Gasteiger charge is -2.37. The van der Waals surface area contributed by atoms with Gasteiger partial charge in [-0.1, -0.05) is 45.4 Å². The zero-order valence-electron chi connectivity index (χ0n) is 38.2. The molecule has 5 N–H and O–H groups in total. The fraction of sp³-hybridized carbons (Fsp3) is 0.510. The van der Waals surface area contributed by atoms with Crippen LogP contribution in [-0.4, -0.2) is 97.8 Å². The highest BCUT2D eigenvalue weighted by atomic mass is 16.6. The number of aromatic amines is 2. The van der Waals surface area contributed by atoms with Crippen LogP contribution in [0.1, 0.15) is 109 Å². The molecule has 16 heteroatoms. The number of carbonyl (C=O) groups excluding carboxylic acids is 4. The predicted molar refractivity (Wildman–Crippen MR) is 243 cm³/mol. The van der Waals surface area contributed by atoms with Gasteiger partial charge in [-0.05, 0) is 111 Å². The maximum absolute atomic E-state index is 14.4. The maximum atomic E-state index is 14.4. The second-order valence-electron chi connectivity index (χ2n) is 18.9. The maximum Gasteiger partial charge on any atom is 0.407 e. The normalized spacial score (nSPS) is 25.0. The molecule has 3 fully saturated rings.